The summed E-state index contributed by atoms with van der Waals surface area (Å²) in [5.74, 6) is 0.0991. The minimum absolute atomic E-state index is 0.474. The molecule has 0 amide bonds. The fourth-order valence-electron chi connectivity index (χ4n) is 1.48. The van der Waals surface area contributed by atoms with Crippen molar-refractivity contribution in [3.05, 3.63) is 22.5 Å². The number of carboxylic acid groups (broad SMARTS) is 1. The fraction of sp³-hybridized carbons (Fsp3) is 0.375. The Bertz CT molecular complexity index is 311. The van der Waals surface area contributed by atoms with Crippen LogP contribution in [0.15, 0.2) is 22.5 Å². The van der Waals surface area contributed by atoms with E-state index in [4.69, 9.17) is 5.11 Å². The Morgan fingerprint density at radius 3 is 3.15 bits per heavy atom. The maximum absolute atomic E-state index is 10.7. The number of carbonyl (C=O) groups is 1. The molecule has 1 saturated heterocycles. The summed E-state index contributed by atoms with van der Waals surface area (Å²) in [5, 5.41) is 11.7. The lowest BCUT2D eigenvalue weighted by Crippen LogP contribution is -2.32. The van der Waals surface area contributed by atoms with Crippen molar-refractivity contribution in [3.63, 3.8) is 0 Å². The van der Waals surface area contributed by atoms with Gasteiger partial charge >= 0.3 is 5.97 Å². The van der Waals surface area contributed by atoms with Gasteiger partial charge in [0.2, 0.25) is 0 Å². The van der Waals surface area contributed by atoms with Crippen molar-refractivity contribution in [2.24, 2.45) is 0 Å². The van der Waals surface area contributed by atoms with Crippen LogP contribution in [-0.4, -0.2) is 35.1 Å². The van der Waals surface area contributed by atoms with Gasteiger partial charge in [0, 0.05) is 4.48 Å². The molecule has 0 spiro atoms. The number of nitrogens with zero attached hydrogens (tertiary/aromatic N) is 1. The van der Waals surface area contributed by atoms with Gasteiger partial charge < -0.3 is 15.3 Å². The Morgan fingerprint density at radius 2 is 2.46 bits per heavy atom. The van der Waals surface area contributed by atoms with E-state index in [0.29, 0.717) is 6.54 Å². The molecule has 0 saturated carbocycles. The Morgan fingerprint density at radius 1 is 1.69 bits per heavy atom. The van der Waals surface area contributed by atoms with Crippen LogP contribution in [-0.2, 0) is 4.79 Å². The number of aliphatic carboxylic acids is 1. The first kappa shape index (κ1) is 8.62. The van der Waals surface area contributed by atoms with E-state index in [0.717, 1.165) is 16.8 Å². The van der Waals surface area contributed by atoms with Crippen LogP contribution in [0.2, 0.25) is 0 Å². The first-order chi connectivity index (χ1) is 6.16. The third-order valence-corrected chi connectivity index (χ3v) is 2.64. The number of rotatable bonds is 1. The third-order valence-electron chi connectivity index (χ3n) is 2.13. The first-order valence-electron chi connectivity index (χ1n) is 3.97. The molecule has 0 unspecified atom stereocenters. The molecule has 2 aliphatic heterocycles. The number of hydrogen-bond donors (Lipinski definition) is 2. The molecule has 2 heterocycles. The monoisotopic (exact) mass is 244 g/mol. The molecule has 2 rings (SSSR count). The summed E-state index contributed by atoms with van der Waals surface area (Å²) in [5.41, 5.74) is 0. The predicted molar refractivity (Wildman–Crippen MR) is 51.2 cm³/mol. The summed E-state index contributed by atoms with van der Waals surface area (Å²) in [6, 6.07) is -0.474. The average Bonchev–Trinajstić information content (AvgIpc) is 2.46. The Balaban J connectivity index is 2.13. The largest absolute Gasteiger partial charge is 0.480 e. The van der Waals surface area contributed by atoms with Gasteiger partial charge in [-0.2, -0.15) is 0 Å². The van der Waals surface area contributed by atoms with Crippen molar-refractivity contribution in [3.8, 4) is 0 Å². The second-order valence-corrected chi connectivity index (χ2v) is 4.10. The number of hydrogen-bond acceptors (Lipinski definition) is 3. The average molecular weight is 245 g/mol. The van der Waals surface area contributed by atoms with Crippen LogP contribution >= 0.6 is 15.9 Å². The van der Waals surface area contributed by atoms with E-state index in [2.05, 4.69) is 21.2 Å². The number of halogens is 1. The van der Waals surface area contributed by atoms with Gasteiger partial charge in [0.25, 0.3) is 0 Å². The molecule has 2 aliphatic rings. The molecule has 0 aromatic carbocycles. The number of carboxylic acids is 1. The lowest BCUT2D eigenvalue weighted by Gasteiger charge is -2.20. The maximum atomic E-state index is 10.7. The van der Waals surface area contributed by atoms with Gasteiger partial charge in [-0.1, -0.05) is 15.9 Å². The maximum Gasteiger partial charge on any atom is 0.328 e. The number of fused-ring (bicyclic) bond motifs is 1. The molecule has 5 heteroatoms. The molecule has 0 radical (unpaired) electrons. The minimum atomic E-state index is -0.800. The van der Waals surface area contributed by atoms with E-state index in [1.807, 2.05) is 17.1 Å². The first-order valence-corrected chi connectivity index (χ1v) is 4.77. The number of allylic oxidation sites excluding steroid dienone is 2. The standard InChI is InChI=1S/C8H9BrN2O2/c9-5-1-2-7-10-6(8(12)13)4-11(7)3-5/h1-2,6,10H,3-4H2,(H,12,13)/t6-/m1/s1. The van der Waals surface area contributed by atoms with Crippen molar-refractivity contribution < 1.29 is 9.90 Å². The second-order valence-electron chi connectivity index (χ2n) is 3.08. The molecular weight excluding hydrogens is 236 g/mol. The highest BCUT2D eigenvalue weighted by atomic mass is 79.9. The molecule has 4 nitrogen and oxygen atoms in total. The molecule has 0 aromatic rings. The fourth-order valence-corrected chi connectivity index (χ4v) is 1.92. The van der Waals surface area contributed by atoms with Gasteiger partial charge in [0.15, 0.2) is 0 Å². The Kier molecular flexibility index (Phi) is 2.03. The summed E-state index contributed by atoms with van der Waals surface area (Å²) in [6.45, 7) is 1.28. The minimum Gasteiger partial charge on any atom is -0.480 e. The molecule has 2 N–H and O–H groups in total. The van der Waals surface area contributed by atoms with E-state index >= 15 is 0 Å². The van der Waals surface area contributed by atoms with Crippen molar-refractivity contribution >= 4 is 21.9 Å². The van der Waals surface area contributed by atoms with Crippen molar-refractivity contribution in [2.45, 2.75) is 6.04 Å². The van der Waals surface area contributed by atoms with Gasteiger partial charge in [-0.05, 0) is 12.2 Å². The summed E-state index contributed by atoms with van der Waals surface area (Å²) in [7, 11) is 0. The van der Waals surface area contributed by atoms with E-state index in [1.54, 1.807) is 0 Å². The molecule has 70 valence electrons. The highest BCUT2D eigenvalue weighted by Crippen LogP contribution is 2.21. The second kappa shape index (κ2) is 3.06. The van der Waals surface area contributed by atoms with Gasteiger partial charge in [-0.3, -0.25) is 0 Å². The molecule has 0 aromatic heterocycles. The van der Waals surface area contributed by atoms with Crippen LogP contribution in [0.25, 0.3) is 0 Å². The smallest absolute Gasteiger partial charge is 0.328 e. The summed E-state index contributed by atoms with van der Waals surface area (Å²) in [4.78, 5) is 12.7. The van der Waals surface area contributed by atoms with Gasteiger partial charge in [-0.25, -0.2) is 4.79 Å². The van der Waals surface area contributed by atoms with Crippen LogP contribution in [0, 0.1) is 0 Å². The molecule has 13 heavy (non-hydrogen) atoms. The van der Waals surface area contributed by atoms with Crippen molar-refractivity contribution in [2.75, 3.05) is 13.1 Å². The lowest BCUT2D eigenvalue weighted by molar-refractivity contribution is -0.138. The topological polar surface area (TPSA) is 52.6 Å². The molecule has 1 fully saturated rings. The van der Waals surface area contributed by atoms with E-state index in [9.17, 15) is 4.79 Å². The van der Waals surface area contributed by atoms with E-state index < -0.39 is 12.0 Å². The summed E-state index contributed by atoms with van der Waals surface area (Å²) >= 11 is 3.38. The normalized spacial score (nSPS) is 25.9. The van der Waals surface area contributed by atoms with Crippen molar-refractivity contribution in [1.82, 2.24) is 10.2 Å². The molecule has 0 aliphatic carbocycles. The van der Waals surface area contributed by atoms with Gasteiger partial charge in [0.1, 0.15) is 11.9 Å². The van der Waals surface area contributed by atoms with E-state index in [-0.39, 0.29) is 0 Å². The van der Waals surface area contributed by atoms with Crippen LogP contribution in [0.1, 0.15) is 0 Å². The van der Waals surface area contributed by atoms with Crippen LogP contribution in [0.5, 0.6) is 0 Å². The SMILES string of the molecule is O=C(O)[C@H]1CN2CC(Br)=CC=C2N1. The molecule has 0 bridgehead atoms. The Labute approximate surface area is 84.0 Å². The zero-order valence-electron chi connectivity index (χ0n) is 6.83. The van der Waals surface area contributed by atoms with Crippen molar-refractivity contribution in [1.29, 1.82) is 0 Å². The lowest BCUT2D eigenvalue weighted by atomic mass is 10.3. The van der Waals surface area contributed by atoms with E-state index in [1.165, 1.54) is 0 Å². The highest BCUT2D eigenvalue weighted by molar-refractivity contribution is 9.11. The van der Waals surface area contributed by atoms with Gasteiger partial charge in [0.05, 0.1) is 13.1 Å². The molecular formula is C8H9BrN2O2. The summed E-state index contributed by atoms with van der Waals surface area (Å²) in [6.07, 6.45) is 3.82. The van der Waals surface area contributed by atoms with Crippen LogP contribution in [0.4, 0.5) is 0 Å². The predicted octanol–water partition coefficient (Wildman–Crippen LogP) is 0.479. The quantitative estimate of drug-likeness (QED) is 0.705. The Hall–Kier alpha value is -0.970. The van der Waals surface area contributed by atoms with Gasteiger partial charge in [-0.15, -0.1) is 0 Å². The zero-order valence-corrected chi connectivity index (χ0v) is 8.41. The third kappa shape index (κ3) is 1.56. The molecule has 1 atom stereocenters. The van der Waals surface area contributed by atoms with Crippen LogP contribution in [0.3, 0.4) is 0 Å². The summed E-state index contributed by atoms with van der Waals surface area (Å²) < 4.78 is 1.07. The zero-order chi connectivity index (χ0) is 9.42. The highest BCUT2D eigenvalue weighted by Gasteiger charge is 2.31. The van der Waals surface area contributed by atoms with Crippen LogP contribution < -0.4 is 5.32 Å². The number of nitrogens with one attached hydrogen (secondary N) is 1.